The van der Waals surface area contributed by atoms with Gasteiger partial charge in [0.25, 0.3) is 0 Å². The first kappa shape index (κ1) is 10.9. The Kier molecular flexibility index (Phi) is 3.84. The van der Waals surface area contributed by atoms with Crippen LogP contribution in [0.25, 0.3) is 0 Å². The van der Waals surface area contributed by atoms with Crippen molar-refractivity contribution in [3.63, 3.8) is 0 Å². The van der Waals surface area contributed by atoms with Gasteiger partial charge in [0.05, 0.1) is 12.0 Å². The van der Waals surface area contributed by atoms with Crippen LogP contribution in [-0.4, -0.2) is 27.2 Å². The van der Waals surface area contributed by atoms with E-state index in [4.69, 9.17) is 16.9 Å². The third kappa shape index (κ3) is 2.42. The number of hydrogen-bond acceptors (Lipinski definition) is 4. The Hall–Kier alpha value is -1.15. The van der Waals surface area contributed by atoms with Crippen LogP contribution >= 0.6 is 11.6 Å². The van der Waals surface area contributed by atoms with Crippen LogP contribution in [0, 0.1) is 11.3 Å². The van der Waals surface area contributed by atoms with Gasteiger partial charge >= 0.3 is 0 Å². The van der Waals surface area contributed by atoms with Gasteiger partial charge in [0.15, 0.2) is 0 Å². The van der Waals surface area contributed by atoms with Gasteiger partial charge in [-0.25, -0.2) is 4.98 Å². The minimum Gasteiger partial charge on any atom is -0.389 e. The van der Waals surface area contributed by atoms with E-state index in [0.717, 1.165) is 0 Å². The molecule has 1 aromatic heterocycles. The molecule has 5 heteroatoms. The fraction of sp³-hybridized carbons (Fsp3) is 0.333. The van der Waals surface area contributed by atoms with Crippen LogP contribution in [-0.2, 0) is 0 Å². The van der Waals surface area contributed by atoms with Crippen molar-refractivity contribution in [1.82, 2.24) is 4.98 Å². The predicted molar refractivity (Wildman–Crippen MR) is 50.6 cm³/mol. The number of hydrogen-bond donors (Lipinski definition) is 2. The van der Waals surface area contributed by atoms with E-state index in [0.29, 0.717) is 5.56 Å². The summed E-state index contributed by atoms with van der Waals surface area (Å²) in [6, 6.07) is 4.86. The number of nitrogens with zero attached hydrogens (tertiary/aromatic N) is 2. The number of pyridine rings is 1. The summed E-state index contributed by atoms with van der Waals surface area (Å²) in [6.45, 7) is 0. The first-order valence-corrected chi connectivity index (χ1v) is 4.50. The zero-order valence-electron chi connectivity index (χ0n) is 7.26. The molecule has 1 aromatic rings. The predicted octanol–water partition coefficient (Wildman–Crippen LogP) is 0.586. The number of aromatic nitrogens is 1. The summed E-state index contributed by atoms with van der Waals surface area (Å²) in [7, 11) is 0. The maximum absolute atomic E-state index is 9.50. The van der Waals surface area contributed by atoms with E-state index in [1.54, 1.807) is 0 Å². The number of rotatable bonds is 3. The van der Waals surface area contributed by atoms with E-state index < -0.39 is 12.2 Å². The molecule has 0 amide bonds. The molecule has 2 atom stereocenters. The van der Waals surface area contributed by atoms with Crippen molar-refractivity contribution in [3.05, 3.63) is 29.6 Å². The van der Waals surface area contributed by atoms with Gasteiger partial charge in [-0.2, -0.15) is 5.26 Å². The van der Waals surface area contributed by atoms with Gasteiger partial charge in [0.2, 0.25) is 0 Å². The van der Waals surface area contributed by atoms with Crippen LogP contribution in [0.1, 0.15) is 17.4 Å². The molecular formula is C9H9ClN2O2. The summed E-state index contributed by atoms with van der Waals surface area (Å²) in [4.78, 5) is 3.76. The molecule has 0 spiro atoms. The zero-order chi connectivity index (χ0) is 10.6. The molecule has 14 heavy (non-hydrogen) atoms. The van der Waals surface area contributed by atoms with E-state index in [2.05, 4.69) is 4.98 Å². The molecule has 2 N–H and O–H groups in total. The van der Waals surface area contributed by atoms with E-state index in [9.17, 15) is 10.2 Å². The van der Waals surface area contributed by atoms with E-state index in [-0.39, 0.29) is 11.6 Å². The average Bonchev–Trinajstić information content (AvgIpc) is 2.27. The topological polar surface area (TPSA) is 77.1 Å². The molecule has 0 saturated carbocycles. The highest BCUT2D eigenvalue weighted by Crippen LogP contribution is 2.16. The van der Waals surface area contributed by atoms with Crippen LogP contribution in [0.2, 0.25) is 0 Å². The molecule has 1 rings (SSSR count). The molecule has 1 heterocycles. The van der Waals surface area contributed by atoms with E-state index in [1.807, 2.05) is 6.07 Å². The maximum atomic E-state index is 9.50. The third-order valence-corrected chi connectivity index (χ3v) is 2.08. The monoisotopic (exact) mass is 212 g/mol. The smallest absolute Gasteiger partial charge is 0.140 e. The van der Waals surface area contributed by atoms with Crippen molar-refractivity contribution in [2.75, 3.05) is 5.88 Å². The lowest BCUT2D eigenvalue weighted by molar-refractivity contribution is 0.0325. The Bertz CT molecular complexity index is 334. The third-order valence-electron chi connectivity index (χ3n) is 1.76. The SMILES string of the molecule is N#Cc1ccc(C(O)C(O)CCl)cn1. The highest BCUT2D eigenvalue weighted by molar-refractivity contribution is 6.18. The van der Waals surface area contributed by atoms with Crippen LogP contribution in [0.15, 0.2) is 18.3 Å². The molecule has 0 radical (unpaired) electrons. The van der Waals surface area contributed by atoms with Crippen LogP contribution < -0.4 is 0 Å². The molecule has 0 fully saturated rings. The van der Waals surface area contributed by atoms with Gasteiger partial charge in [-0.15, -0.1) is 11.6 Å². The second-order valence-electron chi connectivity index (χ2n) is 2.76. The van der Waals surface area contributed by atoms with Crippen molar-refractivity contribution in [2.45, 2.75) is 12.2 Å². The van der Waals surface area contributed by atoms with Crippen LogP contribution in [0.5, 0.6) is 0 Å². The Balaban J connectivity index is 2.82. The zero-order valence-corrected chi connectivity index (χ0v) is 8.02. The highest BCUT2D eigenvalue weighted by Gasteiger charge is 2.17. The number of nitriles is 1. The summed E-state index contributed by atoms with van der Waals surface area (Å²) < 4.78 is 0. The molecule has 0 aliphatic carbocycles. The van der Waals surface area contributed by atoms with Gasteiger partial charge in [0, 0.05) is 11.8 Å². The lowest BCUT2D eigenvalue weighted by Gasteiger charge is -2.14. The van der Waals surface area contributed by atoms with Gasteiger partial charge in [-0.1, -0.05) is 6.07 Å². The molecule has 0 saturated heterocycles. The average molecular weight is 213 g/mol. The molecule has 74 valence electrons. The van der Waals surface area contributed by atoms with Gasteiger partial charge in [0.1, 0.15) is 17.9 Å². The molecular weight excluding hydrogens is 204 g/mol. The second kappa shape index (κ2) is 4.91. The van der Waals surface area contributed by atoms with Gasteiger partial charge in [-0.3, -0.25) is 0 Å². The van der Waals surface area contributed by atoms with E-state index in [1.165, 1.54) is 18.3 Å². The Morgan fingerprint density at radius 2 is 2.21 bits per heavy atom. The quantitative estimate of drug-likeness (QED) is 0.719. The Morgan fingerprint density at radius 3 is 2.64 bits per heavy atom. The first-order valence-electron chi connectivity index (χ1n) is 3.97. The summed E-state index contributed by atoms with van der Waals surface area (Å²) in [5.74, 6) is -0.0544. The Morgan fingerprint density at radius 1 is 1.50 bits per heavy atom. The number of aliphatic hydroxyl groups is 2. The minimum atomic E-state index is -1.06. The highest BCUT2D eigenvalue weighted by atomic mass is 35.5. The molecule has 0 aliphatic heterocycles. The summed E-state index contributed by atoms with van der Waals surface area (Å²) >= 11 is 5.37. The largest absolute Gasteiger partial charge is 0.389 e. The Labute approximate surface area is 86.4 Å². The number of aliphatic hydroxyl groups excluding tert-OH is 2. The van der Waals surface area contributed by atoms with Crippen molar-refractivity contribution in [1.29, 1.82) is 5.26 Å². The summed E-state index contributed by atoms with van der Waals surface area (Å²) in [6.07, 6.45) is -0.738. The fourth-order valence-electron chi connectivity index (χ4n) is 0.953. The maximum Gasteiger partial charge on any atom is 0.140 e. The van der Waals surface area contributed by atoms with Crippen LogP contribution in [0.3, 0.4) is 0 Å². The van der Waals surface area contributed by atoms with Crippen molar-refractivity contribution < 1.29 is 10.2 Å². The lowest BCUT2D eigenvalue weighted by atomic mass is 10.1. The van der Waals surface area contributed by atoms with Gasteiger partial charge < -0.3 is 10.2 Å². The molecule has 2 unspecified atom stereocenters. The lowest BCUT2D eigenvalue weighted by Crippen LogP contribution is -2.19. The standard InChI is InChI=1S/C9H9ClN2O2/c10-3-8(13)9(14)6-1-2-7(4-11)12-5-6/h1-2,5,8-9,13-14H,3H2. The molecule has 4 nitrogen and oxygen atoms in total. The fourth-order valence-corrected chi connectivity index (χ4v) is 1.12. The van der Waals surface area contributed by atoms with Crippen molar-refractivity contribution in [3.8, 4) is 6.07 Å². The molecule has 0 aliphatic rings. The summed E-state index contributed by atoms with van der Waals surface area (Å²) in [5, 5.41) is 27.2. The van der Waals surface area contributed by atoms with E-state index >= 15 is 0 Å². The van der Waals surface area contributed by atoms with Gasteiger partial charge in [-0.05, 0) is 6.07 Å². The second-order valence-corrected chi connectivity index (χ2v) is 3.06. The molecule has 0 bridgehead atoms. The summed E-state index contributed by atoms with van der Waals surface area (Å²) in [5.41, 5.74) is 0.707. The normalized spacial score (nSPS) is 14.4. The minimum absolute atomic E-state index is 0.0544. The number of halogens is 1. The van der Waals surface area contributed by atoms with Crippen molar-refractivity contribution in [2.24, 2.45) is 0 Å². The molecule has 0 aromatic carbocycles. The first-order chi connectivity index (χ1) is 6.69. The van der Waals surface area contributed by atoms with Crippen molar-refractivity contribution >= 4 is 11.6 Å². The number of alkyl halides is 1. The van der Waals surface area contributed by atoms with Crippen LogP contribution in [0.4, 0.5) is 0 Å².